The molecule has 1 aromatic rings. The highest BCUT2D eigenvalue weighted by Crippen LogP contribution is 2.25. The third kappa shape index (κ3) is 2.03. The number of carbonyl (C=O) groups is 1. The first-order valence-corrected chi connectivity index (χ1v) is 3.84. The summed E-state index contributed by atoms with van der Waals surface area (Å²) in [5.74, 6) is 0.302. The number of hydrogen-bond acceptors (Lipinski definition) is 4. The maximum atomic E-state index is 10.8. The summed E-state index contributed by atoms with van der Waals surface area (Å²) in [7, 11) is 1.45. The average molecular weight is 199 g/mol. The Bertz CT molecular complexity index is 318. The molecule has 5 nitrogen and oxygen atoms in total. The molecule has 0 aliphatic rings. The van der Waals surface area contributed by atoms with Crippen molar-refractivity contribution >= 4 is 24.5 Å². The second-order valence-electron chi connectivity index (χ2n) is 2.18. The van der Waals surface area contributed by atoms with Crippen molar-refractivity contribution in [3.63, 3.8) is 0 Å². The van der Waals surface area contributed by atoms with Gasteiger partial charge in [0.15, 0.2) is 0 Å². The number of urea groups is 1. The summed E-state index contributed by atoms with van der Waals surface area (Å²) in [4.78, 5) is 14.6. The van der Waals surface area contributed by atoms with Crippen molar-refractivity contribution in [2.45, 2.75) is 0 Å². The zero-order chi connectivity index (χ0) is 9.84. The molecule has 70 valence electrons. The monoisotopic (exact) mass is 199 g/mol. The molecule has 0 fully saturated rings. The average Bonchev–Trinajstić information content (AvgIpc) is 2.16. The number of pyridine rings is 1. The van der Waals surface area contributed by atoms with E-state index in [1.165, 1.54) is 7.11 Å². The Kier molecular flexibility index (Phi) is 2.97. The highest BCUT2D eigenvalue weighted by atomic mass is 32.1. The Balaban J connectivity index is 3.05. The van der Waals surface area contributed by atoms with Crippen LogP contribution in [0.25, 0.3) is 0 Å². The molecule has 0 saturated carbocycles. The Morgan fingerprint density at radius 3 is 3.00 bits per heavy atom. The first-order chi connectivity index (χ1) is 6.16. The number of amides is 2. The van der Waals surface area contributed by atoms with Crippen molar-refractivity contribution in [1.29, 1.82) is 0 Å². The van der Waals surface area contributed by atoms with Gasteiger partial charge >= 0.3 is 6.03 Å². The fourth-order valence-electron chi connectivity index (χ4n) is 0.820. The second kappa shape index (κ2) is 3.99. The first kappa shape index (κ1) is 9.66. The number of rotatable bonds is 2. The number of nitrogens with zero attached hydrogens (tertiary/aromatic N) is 2. The Labute approximate surface area is 81.0 Å². The van der Waals surface area contributed by atoms with E-state index < -0.39 is 6.03 Å². The molecule has 2 N–H and O–H groups in total. The van der Waals surface area contributed by atoms with Crippen molar-refractivity contribution in [3.05, 3.63) is 18.3 Å². The van der Waals surface area contributed by atoms with Crippen LogP contribution in [0.3, 0.4) is 0 Å². The summed E-state index contributed by atoms with van der Waals surface area (Å²) in [5, 5.41) is 0. The van der Waals surface area contributed by atoms with E-state index in [1.807, 2.05) is 0 Å². The molecule has 1 heterocycles. The van der Waals surface area contributed by atoms with Crippen molar-refractivity contribution < 1.29 is 9.53 Å². The number of thiol groups is 1. The van der Waals surface area contributed by atoms with Crippen LogP contribution in [-0.2, 0) is 0 Å². The van der Waals surface area contributed by atoms with E-state index in [4.69, 9.17) is 10.5 Å². The van der Waals surface area contributed by atoms with Crippen LogP contribution in [0.15, 0.2) is 18.3 Å². The van der Waals surface area contributed by atoms with Gasteiger partial charge in [0.2, 0.25) is 5.88 Å². The van der Waals surface area contributed by atoms with Gasteiger partial charge in [0.25, 0.3) is 0 Å². The zero-order valence-electron chi connectivity index (χ0n) is 6.97. The lowest BCUT2D eigenvalue weighted by Crippen LogP contribution is -2.27. The molecule has 0 spiro atoms. The number of aromatic nitrogens is 1. The van der Waals surface area contributed by atoms with Crippen LogP contribution >= 0.6 is 12.8 Å². The van der Waals surface area contributed by atoms with Gasteiger partial charge < -0.3 is 10.5 Å². The highest BCUT2D eigenvalue weighted by Gasteiger charge is 2.13. The van der Waals surface area contributed by atoms with Crippen LogP contribution in [0.1, 0.15) is 0 Å². The number of primary amides is 1. The SMILES string of the molecule is COc1ncccc1N(S)C(N)=O. The fourth-order valence-corrected chi connectivity index (χ4v) is 0.972. The van der Waals surface area contributed by atoms with E-state index in [9.17, 15) is 4.79 Å². The van der Waals surface area contributed by atoms with Gasteiger partial charge in [-0.1, -0.05) is 12.8 Å². The molecule has 13 heavy (non-hydrogen) atoms. The van der Waals surface area contributed by atoms with Crippen molar-refractivity contribution in [2.24, 2.45) is 5.73 Å². The summed E-state index contributed by atoms with van der Waals surface area (Å²) >= 11 is 3.88. The van der Waals surface area contributed by atoms with Crippen molar-refractivity contribution in [1.82, 2.24) is 4.98 Å². The summed E-state index contributed by atoms with van der Waals surface area (Å²) < 4.78 is 5.87. The number of carbonyl (C=O) groups excluding carboxylic acids is 1. The third-order valence-electron chi connectivity index (χ3n) is 1.38. The number of hydrogen-bond donors (Lipinski definition) is 2. The molecule has 0 bridgehead atoms. The standard InChI is InChI=1S/C7H9N3O2S/c1-12-6-5(3-2-4-9-6)10(13)7(8)11/h2-4,13H,1H3,(H2,8,11). The van der Waals surface area contributed by atoms with E-state index in [0.717, 1.165) is 4.31 Å². The molecule has 0 aliphatic heterocycles. The summed E-state index contributed by atoms with van der Waals surface area (Å²) in [6.45, 7) is 0. The highest BCUT2D eigenvalue weighted by molar-refractivity contribution is 7.82. The maximum Gasteiger partial charge on any atom is 0.329 e. The Morgan fingerprint density at radius 1 is 1.77 bits per heavy atom. The van der Waals surface area contributed by atoms with Crippen LogP contribution < -0.4 is 14.8 Å². The molecule has 0 aromatic carbocycles. The number of methoxy groups -OCH3 is 1. The number of ether oxygens (including phenoxy) is 1. The minimum absolute atomic E-state index is 0.302. The van der Waals surface area contributed by atoms with Gasteiger partial charge in [-0.15, -0.1) is 0 Å². The summed E-state index contributed by atoms with van der Waals surface area (Å²) in [6.07, 6.45) is 1.55. The van der Waals surface area contributed by atoms with Crippen molar-refractivity contribution in [3.8, 4) is 5.88 Å². The molecule has 6 heteroatoms. The van der Waals surface area contributed by atoms with Gasteiger partial charge in [-0.05, 0) is 12.1 Å². The van der Waals surface area contributed by atoms with Crippen LogP contribution in [0, 0.1) is 0 Å². The summed E-state index contributed by atoms with van der Waals surface area (Å²) in [5.41, 5.74) is 5.44. The minimum atomic E-state index is -0.686. The first-order valence-electron chi connectivity index (χ1n) is 3.44. The molecule has 0 saturated heterocycles. The lowest BCUT2D eigenvalue weighted by molar-refractivity contribution is 0.257. The van der Waals surface area contributed by atoms with Crippen molar-refractivity contribution in [2.75, 3.05) is 11.4 Å². The predicted molar refractivity (Wildman–Crippen MR) is 51.8 cm³/mol. The van der Waals surface area contributed by atoms with E-state index in [2.05, 4.69) is 17.8 Å². The van der Waals surface area contributed by atoms with Gasteiger partial charge in [0.05, 0.1) is 7.11 Å². The van der Waals surface area contributed by atoms with E-state index in [1.54, 1.807) is 18.3 Å². The zero-order valence-corrected chi connectivity index (χ0v) is 7.86. The van der Waals surface area contributed by atoms with Gasteiger partial charge in [0.1, 0.15) is 5.69 Å². The fraction of sp³-hybridized carbons (Fsp3) is 0.143. The molecule has 0 radical (unpaired) electrons. The predicted octanol–water partition coefficient (Wildman–Crippen LogP) is 0.820. The Morgan fingerprint density at radius 2 is 2.46 bits per heavy atom. The molecule has 1 rings (SSSR count). The molecular formula is C7H9N3O2S. The molecule has 2 amide bonds. The van der Waals surface area contributed by atoms with E-state index in [0.29, 0.717) is 11.6 Å². The van der Waals surface area contributed by atoms with Gasteiger partial charge in [0, 0.05) is 6.20 Å². The number of anilines is 1. The van der Waals surface area contributed by atoms with Gasteiger partial charge in [-0.25, -0.2) is 14.1 Å². The van der Waals surface area contributed by atoms with Gasteiger partial charge in [-0.2, -0.15) is 0 Å². The lowest BCUT2D eigenvalue weighted by Gasteiger charge is -2.14. The van der Waals surface area contributed by atoms with Crippen LogP contribution in [-0.4, -0.2) is 18.1 Å². The quantitative estimate of drug-likeness (QED) is 0.693. The second-order valence-corrected chi connectivity index (χ2v) is 2.58. The largest absolute Gasteiger partial charge is 0.479 e. The minimum Gasteiger partial charge on any atom is -0.479 e. The molecule has 0 unspecified atom stereocenters. The van der Waals surface area contributed by atoms with Crippen LogP contribution in [0.5, 0.6) is 5.88 Å². The molecule has 0 aliphatic carbocycles. The van der Waals surface area contributed by atoms with Gasteiger partial charge in [-0.3, -0.25) is 0 Å². The molecule has 1 aromatic heterocycles. The lowest BCUT2D eigenvalue weighted by atomic mass is 10.4. The molecular weight excluding hydrogens is 190 g/mol. The normalized spacial score (nSPS) is 9.38. The topological polar surface area (TPSA) is 68.4 Å². The Hall–Kier alpha value is -1.43. The molecule has 0 atom stereocenters. The number of nitrogens with two attached hydrogens (primary N) is 1. The van der Waals surface area contributed by atoms with Crippen LogP contribution in [0.2, 0.25) is 0 Å². The summed E-state index contributed by atoms with van der Waals surface area (Å²) in [6, 6.07) is 2.60. The smallest absolute Gasteiger partial charge is 0.329 e. The third-order valence-corrected chi connectivity index (χ3v) is 1.79. The van der Waals surface area contributed by atoms with E-state index in [-0.39, 0.29) is 0 Å². The van der Waals surface area contributed by atoms with Crippen LogP contribution in [0.4, 0.5) is 10.5 Å². The van der Waals surface area contributed by atoms with E-state index >= 15 is 0 Å². The maximum absolute atomic E-state index is 10.8.